The van der Waals surface area contributed by atoms with Crippen LogP contribution in [0.25, 0.3) is 6.08 Å². The molecule has 0 unspecified atom stereocenters. The van der Waals surface area contributed by atoms with Gasteiger partial charge in [-0.25, -0.2) is 0 Å². The first-order valence-corrected chi connectivity index (χ1v) is 8.87. The summed E-state index contributed by atoms with van der Waals surface area (Å²) in [7, 11) is 2.10. The van der Waals surface area contributed by atoms with E-state index in [4.69, 9.17) is 11.6 Å². The van der Waals surface area contributed by atoms with Gasteiger partial charge in [-0.3, -0.25) is 4.79 Å². The molecule has 1 amide bonds. The average Bonchev–Trinajstić information content (AvgIpc) is 2.58. The number of alkyl halides is 3. The zero-order valence-electron chi connectivity index (χ0n) is 14.7. The largest absolute Gasteiger partial charge is 0.417 e. The van der Waals surface area contributed by atoms with Crippen LogP contribution in [0.15, 0.2) is 24.3 Å². The summed E-state index contributed by atoms with van der Waals surface area (Å²) in [6, 6.07) is 3.55. The summed E-state index contributed by atoms with van der Waals surface area (Å²) in [4.78, 5) is 16.4. The number of nitrogens with zero attached hydrogens (tertiary/aromatic N) is 2. The smallest absolute Gasteiger partial charge is 0.353 e. The Kier molecular flexibility index (Phi) is 7.49. The fraction of sp³-hybridized carbons (Fsp3) is 0.500. The third kappa shape index (κ3) is 6.63. The van der Waals surface area contributed by atoms with Gasteiger partial charge in [-0.2, -0.15) is 13.2 Å². The first-order chi connectivity index (χ1) is 12.3. The van der Waals surface area contributed by atoms with Crippen molar-refractivity contribution in [3.8, 4) is 0 Å². The van der Waals surface area contributed by atoms with Gasteiger partial charge >= 0.3 is 6.18 Å². The number of amides is 1. The highest BCUT2D eigenvalue weighted by Crippen LogP contribution is 2.35. The molecular weight excluding hydrogens is 367 g/mol. The van der Waals surface area contributed by atoms with Crippen LogP contribution in [-0.2, 0) is 11.0 Å². The van der Waals surface area contributed by atoms with E-state index in [-0.39, 0.29) is 16.5 Å². The molecule has 1 N–H and O–H groups in total. The van der Waals surface area contributed by atoms with Crippen LogP contribution in [0, 0.1) is 0 Å². The number of hydrogen-bond donors (Lipinski definition) is 1. The van der Waals surface area contributed by atoms with Gasteiger partial charge in [0.1, 0.15) is 0 Å². The van der Waals surface area contributed by atoms with Gasteiger partial charge in [-0.05, 0) is 43.8 Å². The van der Waals surface area contributed by atoms with Crippen LogP contribution in [0.2, 0.25) is 5.02 Å². The van der Waals surface area contributed by atoms with E-state index in [1.807, 2.05) is 0 Å². The minimum Gasteiger partial charge on any atom is -0.353 e. The molecule has 1 aliphatic rings. The minimum atomic E-state index is -4.52. The molecule has 0 radical (unpaired) electrons. The number of likely N-dealkylation sites (N-methyl/N-ethyl adjacent to an activating group) is 1. The fourth-order valence-corrected chi connectivity index (χ4v) is 2.91. The molecule has 1 aromatic rings. The SMILES string of the molecule is CN1CCN(CCCNC(=O)/C=C/c2ccc(Cl)c(C(F)(F)F)c2)CC1. The highest BCUT2D eigenvalue weighted by Gasteiger charge is 2.33. The number of carbonyl (C=O) groups excluding carboxylic acids is 1. The van der Waals surface area contributed by atoms with Gasteiger partial charge < -0.3 is 15.1 Å². The van der Waals surface area contributed by atoms with Crippen molar-refractivity contribution < 1.29 is 18.0 Å². The summed E-state index contributed by atoms with van der Waals surface area (Å²) in [5, 5.41) is 2.39. The first-order valence-electron chi connectivity index (χ1n) is 8.49. The highest BCUT2D eigenvalue weighted by atomic mass is 35.5. The topological polar surface area (TPSA) is 35.6 Å². The van der Waals surface area contributed by atoms with Crippen LogP contribution in [0.4, 0.5) is 13.2 Å². The Morgan fingerprint density at radius 1 is 1.27 bits per heavy atom. The Hall–Kier alpha value is -1.57. The van der Waals surface area contributed by atoms with E-state index >= 15 is 0 Å². The summed E-state index contributed by atoms with van der Waals surface area (Å²) in [6.45, 7) is 5.62. The Balaban J connectivity index is 1.75. The van der Waals surface area contributed by atoms with E-state index in [9.17, 15) is 18.0 Å². The average molecular weight is 390 g/mol. The number of hydrogen-bond acceptors (Lipinski definition) is 3. The molecule has 0 aromatic heterocycles. The second kappa shape index (κ2) is 9.39. The number of halogens is 4. The Morgan fingerprint density at radius 2 is 1.96 bits per heavy atom. The van der Waals surface area contributed by atoms with Gasteiger partial charge in [0.25, 0.3) is 0 Å². The summed E-state index contributed by atoms with van der Waals surface area (Å²) in [5.41, 5.74) is -0.636. The molecule has 144 valence electrons. The number of piperazine rings is 1. The maximum Gasteiger partial charge on any atom is 0.417 e. The van der Waals surface area contributed by atoms with Crippen molar-refractivity contribution in [3.63, 3.8) is 0 Å². The van der Waals surface area contributed by atoms with Crippen LogP contribution in [0.1, 0.15) is 17.5 Å². The summed E-state index contributed by atoms with van der Waals surface area (Å²) >= 11 is 5.57. The third-order valence-electron chi connectivity index (χ3n) is 4.27. The van der Waals surface area contributed by atoms with E-state index in [1.165, 1.54) is 24.3 Å². The van der Waals surface area contributed by atoms with Gasteiger partial charge in [0.05, 0.1) is 10.6 Å². The summed E-state index contributed by atoms with van der Waals surface area (Å²) < 4.78 is 38.4. The molecule has 1 saturated heterocycles. The lowest BCUT2D eigenvalue weighted by molar-refractivity contribution is -0.137. The molecule has 0 aliphatic carbocycles. The quantitative estimate of drug-likeness (QED) is 0.600. The Bertz CT molecular complexity index is 641. The van der Waals surface area contributed by atoms with Crippen molar-refractivity contribution in [3.05, 3.63) is 40.4 Å². The second-order valence-corrected chi connectivity index (χ2v) is 6.77. The Labute approximate surface area is 156 Å². The molecule has 1 aliphatic heterocycles. The molecule has 1 heterocycles. The van der Waals surface area contributed by atoms with Crippen molar-refractivity contribution in [1.82, 2.24) is 15.1 Å². The van der Waals surface area contributed by atoms with E-state index < -0.39 is 11.7 Å². The number of carbonyl (C=O) groups is 1. The molecule has 26 heavy (non-hydrogen) atoms. The molecule has 4 nitrogen and oxygen atoms in total. The zero-order chi connectivity index (χ0) is 19.2. The molecule has 1 fully saturated rings. The molecule has 0 bridgehead atoms. The monoisotopic (exact) mass is 389 g/mol. The Morgan fingerprint density at radius 3 is 2.62 bits per heavy atom. The van der Waals surface area contributed by atoms with Crippen LogP contribution < -0.4 is 5.32 Å². The maximum absolute atomic E-state index is 12.8. The minimum absolute atomic E-state index is 0.273. The van der Waals surface area contributed by atoms with E-state index in [2.05, 4.69) is 22.2 Å². The summed E-state index contributed by atoms with van der Waals surface area (Å²) in [6.07, 6.45) is -1.10. The van der Waals surface area contributed by atoms with Gasteiger partial charge in [-0.15, -0.1) is 0 Å². The lowest BCUT2D eigenvalue weighted by Gasteiger charge is -2.32. The molecule has 8 heteroatoms. The van der Waals surface area contributed by atoms with Crippen LogP contribution in [-0.4, -0.2) is 62.0 Å². The third-order valence-corrected chi connectivity index (χ3v) is 4.60. The molecule has 0 spiro atoms. The molecular formula is C18H23ClF3N3O. The number of nitrogens with one attached hydrogen (secondary N) is 1. The predicted octanol–water partition coefficient (Wildman–Crippen LogP) is 3.13. The molecule has 1 aromatic carbocycles. The molecule has 2 rings (SSSR count). The summed E-state index contributed by atoms with van der Waals surface area (Å²) in [5.74, 6) is -0.327. The lowest BCUT2D eigenvalue weighted by atomic mass is 10.1. The van der Waals surface area contributed by atoms with Crippen LogP contribution in [0.5, 0.6) is 0 Å². The molecule has 0 saturated carbocycles. The van der Waals surface area contributed by atoms with Crippen LogP contribution in [0.3, 0.4) is 0 Å². The van der Waals surface area contributed by atoms with Crippen molar-refractivity contribution in [2.45, 2.75) is 12.6 Å². The standard InChI is InChI=1S/C18H23ClF3N3O/c1-24-9-11-25(12-10-24)8-2-7-23-17(26)6-4-14-3-5-16(19)15(13-14)18(20,21)22/h3-6,13H,2,7-12H2,1H3,(H,23,26)/b6-4+. The highest BCUT2D eigenvalue weighted by molar-refractivity contribution is 6.31. The number of rotatable bonds is 6. The van der Waals surface area contributed by atoms with Gasteiger partial charge in [0.2, 0.25) is 5.91 Å². The maximum atomic E-state index is 12.8. The van der Waals surface area contributed by atoms with Crippen molar-refractivity contribution >= 4 is 23.6 Å². The number of benzene rings is 1. The van der Waals surface area contributed by atoms with Crippen molar-refractivity contribution in [2.24, 2.45) is 0 Å². The van der Waals surface area contributed by atoms with Crippen LogP contribution >= 0.6 is 11.6 Å². The van der Waals surface area contributed by atoms with E-state index in [0.29, 0.717) is 6.54 Å². The fourth-order valence-electron chi connectivity index (χ4n) is 2.68. The predicted molar refractivity (Wildman–Crippen MR) is 97.1 cm³/mol. The van der Waals surface area contributed by atoms with Gasteiger partial charge in [0.15, 0.2) is 0 Å². The van der Waals surface area contributed by atoms with Gasteiger partial charge in [0, 0.05) is 38.8 Å². The lowest BCUT2D eigenvalue weighted by Crippen LogP contribution is -2.45. The second-order valence-electron chi connectivity index (χ2n) is 6.36. The van der Waals surface area contributed by atoms with Crippen molar-refractivity contribution in [2.75, 3.05) is 46.3 Å². The molecule has 0 atom stereocenters. The normalized spacial score (nSPS) is 17.0. The van der Waals surface area contributed by atoms with Crippen molar-refractivity contribution in [1.29, 1.82) is 0 Å². The first kappa shape index (κ1) is 20.7. The zero-order valence-corrected chi connectivity index (χ0v) is 15.4. The van der Waals surface area contributed by atoms with E-state index in [1.54, 1.807) is 0 Å². The van der Waals surface area contributed by atoms with E-state index in [0.717, 1.165) is 45.2 Å². The van der Waals surface area contributed by atoms with Gasteiger partial charge in [-0.1, -0.05) is 17.7 Å².